The first-order valence-electron chi connectivity index (χ1n) is 8.51. The molecule has 1 N–H and O–H groups in total. The molecule has 0 aliphatic rings. The molecule has 0 unspecified atom stereocenters. The molecule has 1 heterocycles. The summed E-state index contributed by atoms with van der Waals surface area (Å²) in [5.41, 5.74) is 3.25. The van der Waals surface area contributed by atoms with Crippen molar-refractivity contribution < 1.29 is 9.53 Å². The lowest BCUT2D eigenvalue weighted by molar-refractivity contribution is -0.119. The fraction of sp³-hybridized carbons (Fsp3) is 0.300. The van der Waals surface area contributed by atoms with Gasteiger partial charge in [0.25, 0.3) is 0 Å². The maximum absolute atomic E-state index is 11.2. The number of nitrogens with one attached hydrogen (secondary N) is 1. The van der Waals surface area contributed by atoms with Gasteiger partial charge in [-0.3, -0.25) is 4.79 Å². The SMILES string of the molecule is CC(=O)NCc1nc2ccccc2n1CCCOc1ccc(C)cc1. The molecule has 3 aromatic rings. The summed E-state index contributed by atoms with van der Waals surface area (Å²) < 4.78 is 7.96. The van der Waals surface area contributed by atoms with E-state index in [0.717, 1.165) is 35.6 Å². The van der Waals surface area contributed by atoms with Crippen molar-refractivity contribution in [3.05, 3.63) is 59.9 Å². The summed E-state index contributed by atoms with van der Waals surface area (Å²) in [5, 5.41) is 2.83. The molecule has 130 valence electrons. The van der Waals surface area contributed by atoms with Gasteiger partial charge in [-0.2, -0.15) is 0 Å². The number of fused-ring (bicyclic) bond motifs is 1. The van der Waals surface area contributed by atoms with Gasteiger partial charge in [0.2, 0.25) is 5.91 Å². The van der Waals surface area contributed by atoms with E-state index in [0.29, 0.717) is 13.2 Å². The van der Waals surface area contributed by atoms with Crippen molar-refractivity contribution in [2.24, 2.45) is 0 Å². The maximum Gasteiger partial charge on any atom is 0.217 e. The third-order valence-corrected chi connectivity index (χ3v) is 4.04. The number of carbonyl (C=O) groups is 1. The van der Waals surface area contributed by atoms with Gasteiger partial charge < -0.3 is 14.6 Å². The lowest BCUT2D eigenvalue weighted by Crippen LogP contribution is -2.22. The van der Waals surface area contributed by atoms with E-state index in [2.05, 4.69) is 27.9 Å². The van der Waals surface area contributed by atoms with Crippen LogP contribution in [0.3, 0.4) is 0 Å². The second kappa shape index (κ2) is 7.83. The zero-order chi connectivity index (χ0) is 17.6. The highest BCUT2D eigenvalue weighted by Crippen LogP contribution is 2.17. The van der Waals surface area contributed by atoms with Crippen LogP contribution in [-0.4, -0.2) is 22.1 Å². The first-order chi connectivity index (χ1) is 12.1. The molecule has 1 aromatic heterocycles. The third-order valence-electron chi connectivity index (χ3n) is 4.04. The number of benzene rings is 2. The molecule has 0 fully saturated rings. The number of aryl methyl sites for hydroxylation is 2. The van der Waals surface area contributed by atoms with Gasteiger partial charge in [0.1, 0.15) is 11.6 Å². The Kier molecular flexibility index (Phi) is 5.33. The van der Waals surface area contributed by atoms with Crippen LogP contribution < -0.4 is 10.1 Å². The fourth-order valence-electron chi connectivity index (χ4n) is 2.76. The average Bonchev–Trinajstić information content (AvgIpc) is 2.96. The summed E-state index contributed by atoms with van der Waals surface area (Å²) in [6, 6.07) is 16.1. The van der Waals surface area contributed by atoms with E-state index in [4.69, 9.17) is 4.74 Å². The second-order valence-corrected chi connectivity index (χ2v) is 6.09. The monoisotopic (exact) mass is 337 g/mol. The second-order valence-electron chi connectivity index (χ2n) is 6.09. The van der Waals surface area contributed by atoms with Gasteiger partial charge in [0.05, 0.1) is 24.2 Å². The Hall–Kier alpha value is -2.82. The number of nitrogens with zero attached hydrogens (tertiary/aromatic N) is 2. The highest BCUT2D eigenvalue weighted by Gasteiger charge is 2.10. The number of hydrogen-bond acceptors (Lipinski definition) is 3. The highest BCUT2D eigenvalue weighted by molar-refractivity contribution is 5.76. The number of amides is 1. The van der Waals surface area contributed by atoms with Crippen LogP contribution in [0.2, 0.25) is 0 Å². The van der Waals surface area contributed by atoms with E-state index >= 15 is 0 Å². The topological polar surface area (TPSA) is 56.2 Å². The molecular formula is C20H23N3O2. The van der Waals surface area contributed by atoms with Crippen LogP contribution in [0.4, 0.5) is 0 Å². The Labute approximate surface area is 147 Å². The summed E-state index contributed by atoms with van der Waals surface area (Å²) >= 11 is 0. The zero-order valence-corrected chi connectivity index (χ0v) is 14.7. The number of ether oxygens (including phenoxy) is 1. The first-order valence-corrected chi connectivity index (χ1v) is 8.51. The molecule has 2 aromatic carbocycles. The van der Waals surface area contributed by atoms with Crippen molar-refractivity contribution in [1.82, 2.24) is 14.9 Å². The van der Waals surface area contributed by atoms with Crippen LogP contribution in [0.25, 0.3) is 11.0 Å². The molecule has 1 amide bonds. The van der Waals surface area contributed by atoms with Crippen LogP contribution >= 0.6 is 0 Å². The molecule has 0 bridgehead atoms. The summed E-state index contributed by atoms with van der Waals surface area (Å²) in [5.74, 6) is 1.70. The molecule has 0 aliphatic heterocycles. The summed E-state index contributed by atoms with van der Waals surface area (Å²) in [4.78, 5) is 15.9. The van der Waals surface area contributed by atoms with Gasteiger partial charge in [-0.25, -0.2) is 4.98 Å². The van der Waals surface area contributed by atoms with Gasteiger partial charge in [-0.05, 0) is 37.6 Å². The van der Waals surface area contributed by atoms with E-state index in [1.54, 1.807) is 0 Å². The van der Waals surface area contributed by atoms with Crippen LogP contribution in [0.1, 0.15) is 24.7 Å². The van der Waals surface area contributed by atoms with Gasteiger partial charge in [0.15, 0.2) is 0 Å². The van der Waals surface area contributed by atoms with Gasteiger partial charge in [0, 0.05) is 13.5 Å². The minimum atomic E-state index is -0.0543. The molecule has 0 radical (unpaired) electrons. The van der Waals surface area contributed by atoms with E-state index < -0.39 is 0 Å². The molecule has 0 saturated carbocycles. The standard InChI is InChI=1S/C20H23N3O2/c1-15-8-10-17(11-9-15)25-13-5-12-23-19-7-4-3-6-18(19)22-20(23)14-21-16(2)24/h3-4,6-11H,5,12-14H2,1-2H3,(H,21,24). The normalized spacial score (nSPS) is 10.8. The molecule has 0 saturated heterocycles. The lowest BCUT2D eigenvalue weighted by Gasteiger charge is -2.11. The van der Waals surface area contributed by atoms with E-state index in [9.17, 15) is 4.79 Å². The Balaban J connectivity index is 1.65. The van der Waals surface area contributed by atoms with Gasteiger partial charge >= 0.3 is 0 Å². The third kappa shape index (κ3) is 4.38. The van der Waals surface area contributed by atoms with E-state index in [-0.39, 0.29) is 5.91 Å². The Morgan fingerprint density at radius 1 is 1.16 bits per heavy atom. The summed E-state index contributed by atoms with van der Waals surface area (Å²) in [6.07, 6.45) is 0.862. The van der Waals surface area contributed by atoms with Crippen molar-refractivity contribution in [2.45, 2.75) is 33.4 Å². The quantitative estimate of drug-likeness (QED) is 0.672. The first kappa shape index (κ1) is 17.0. The largest absolute Gasteiger partial charge is 0.494 e. The Morgan fingerprint density at radius 3 is 2.68 bits per heavy atom. The molecular weight excluding hydrogens is 314 g/mol. The zero-order valence-electron chi connectivity index (χ0n) is 14.7. The number of para-hydroxylation sites is 2. The van der Waals surface area contributed by atoms with Crippen molar-refractivity contribution in [3.63, 3.8) is 0 Å². The average molecular weight is 337 g/mol. The Bertz CT molecular complexity index is 853. The minimum Gasteiger partial charge on any atom is -0.494 e. The summed E-state index contributed by atoms with van der Waals surface area (Å²) in [6.45, 7) is 5.44. The van der Waals surface area contributed by atoms with Crippen LogP contribution in [0, 0.1) is 6.92 Å². The van der Waals surface area contributed by atoms with Crippen molar-refractivity contribution in [3.8, 4) is 5.75 Å². The number of imidazole rings is 1. The van der Waals surface area contributed by atoms with Crippen molar-refractivity contribution in [2.75, 3.05) is 6.61 Å². The molecule has 0 spiro atoms. The van der Waals surface area contributed by atoms with E-state index in [1.165, 1.54) is 12.5 Å². The van der Waals surface area contributed by atoms with Crippen LogP contribution in [0.5, 0.6) is 5.75 Å². The smallest absolute Gasteiger partial charge is 0.217 e. The molecule has 0 atom stereocenters. The maximum atomic E-state index is 11.2. The van der Waals surface area contributed by atoms with Crippen LogP contribution in [0.15, 0.2) is 48.5 Å². The predicted molar refractivity (Wildman–Crippen MR) is 98.5 cm³/mol. The fourth-order valence-corrected chi connectivity index (χ4v) is 2.76. The van der Waals surface area contributed by atoms with Crippen LogP contribution in [-0.2, 0) is 17.9 Å². The van der Waals surface area contributed by atoms with E-state index in [1.807, 2.05) is 42.5 Å². The molecule has 5 nitrogen and oxygen atoms in total. The minimum absolute atomic E-state index is 0.0543. The number of aromatic nitrogens is 2. The molecule has 3 rings (SSSR count). The van der Waals surface area contributed by atoms with Gasteiger partial charge in [-0.15, -0.1) is 0 Å². The summed E-state index contributed by atoms with van der Waals surface area (Å²) in [7, 11) is 0. The lowest BCUT2D eigenvalue weighted by atomic mass is 10.2. The number of hydrogen-bond donors (Lipinski definition) is 1. The number of rotatable bonds is 7. The van der Waals surface area contributed by atoms with Crippen molar-refractivity contribution >= 4 is 16.9 Å². The number of carbonyl (C=O) groups excluding carboxylic acids is 1. The highest BCUT2D eigenvalue weighted by atomic mass is 16.5. The van der Waals surface area contributed by atoms with Gasteiger partial charge in [-0.1, -0.05) is 29.8 Å². The Morgan fingerprint density at radius 2 is 1.92 bits per heavy atom. The molecule has 0 aliphatic carbocycles. The predicted octanol–water partition coefficient (Wildman–Crippen LogP) is 3.45. The molecule has 5 heteroatoms. The van der Waals surface area contributed by atoms with Crippen molar-refractivity contribution in [1.29, 1.82) is 0 Å². The molecule has 25 heavy (non-hydrogen) atoms.